The molecule has 2 aliphatic rings. The molecule has 3 aromatic rings. The molecule has 0 spiro atoms. The van der Waals surface area contributed by atoms with E-state index in [1.165, 1.54) is 47.5 Å². The molecule has 0 amide bonds. The van der Waals surface area contributed by atoms with Gasteiger partial charge in [0.15, 0.2) is 0 Å². The molecule has 28 heavy (non-hydrogen) atoms. The van der Waals surface area contributed by atoms with Gasteiger partial charge in [-0.1, -0.05) is 78.9 Å². The van der Waals surface area contributed by atoms with Gasteiger partial charge in [0.1, 0.15) is 0 Å². The van der Waals surface area contributed by atoms with Gasteiger partial charge in [-0.25, -0.2) is 0 Å². The van der Waals surface area contributed by atoms with Gasteiger partial charge in [0.25, 0.3) is 0 Å². The minimum atomic E-state index is 0.367. The van der Waals surface area contributed by atoms with Gasteiger partial charge in [0.2, 0.25) is 0 Å². The van der Waals surface area contributed by atoms with Crippen molar-refractivity contribution in [3.8, 4) is 0 Å². The monoisotopic (exact) mass is 363 g/mol. The summed E-state index contributed by atoms with van der Waals surface area (Å²) in [5, 5.41) is 0. The fourth-order valence-electron chi connectivity index (χ4n) is 4.65. The highest BCUT2D eigenvalue weighted by atomic mass is 15.2. The number of hydrogen-bond donors (Lipinski definition) is 0. The Balaban J connectivity index is 1.72. The molecule has 1 unspecified atom stereocenters. The molecule has 0 saturated carbocycles. The van der Waals surface area contributed by atoms with Crippen LogP contribution in [0.2, 0.25) is 0 Å². The number of nitrogens with zero attached hydrogens (tertiary/aromatic N) is 1. The maximum atomic E-state index is 2.52. The van der Waals surface area contributed by atoms with Crippen LogP contribution in [0.4, 0.5) is 5.69 Å². The third kappa shape index (κ3) is 3.07. The van der Waals surface area contributed by atoms with E-state index in [0.717, 1.165) is 6.42 Å². The van der Waals surface area contributed by atoms with Crippen molar-refractivity contribution in [1.29, 1.82) is 0 Å². The van der Waals surface area contributed by atoms with E-state index in [1.807, 2.05) is 0 Å². The van der Waals surface area contributed by atoms with Crippen molar-refractivity contribution in [1.82, 2.24) is 0 Å². The molecular weight excluding hydrogens is 338 g/mol. The van der Waals surface area contributed by atoms with E-state index < -0.39 is 0 Å². The van der Waals surface area contributed by atoms with Crippen LogP contribution in [0.1, 0.15) is 42.7 Å². The Morgan fingerprint density at radius 1 is 0.643 bits per heavy atom. The second kappa shape index (κ2) is 7.52. The summed E-state index contributed by atoms with van der Waals surface area (Å²) in [6.07, 6.45) is 7.39. The minimum Gasteiger partial charge on any atom is -0.314 e. The van der Waals surface area contributed by atoms with Gasteiger partial charge in [-0.05, 0) is 60.6 Å². The molecule has 0 fully saturated rings. The maximum Gasteiger partial charge on any atom is 0.0500 e. The summed E-state index contributed by atoms with van der Waals surface area (Å²) < 4.78 is 0. The van der Waals surface area contributed by atoms with Crippen LogP contribution in [0, 0.1) is 0 Å². The van der Waals surface area contributed by atoms with Crippen molar-refractivity contribution in [2.45, 2.75) is 31.6 Å². The van der Waals surface area contributed by atoms with E-state index in [2.05, 4.69) is 102 Å². The average molecular weight is 364 g/mol. The first kappa shape index (κ1) is 17.1. The lowest BCUT2D eigenvalue weighted by Gasteiger charge is -2.40. The number of rotatable bonds is 3. The first-order valence-corrected chi connectivity index (χ1v) is 10.3. The van der Waals surface area contributed by atoms with Gasteiger partial charge in [0, 0.05) is 23.0 Å². The quantitative estimate of drug-likeness (QED) is 0.477. The third-order valence-electron chi connectivity index (χ3n) is 5.93. The summed E-state index contributed by atoms with van der Waals surface area (Å²) in [7, 11) is 0. The predicted octanol–water partition coefficient (Wildman–Crippen LogP) is 7.16. The Morgan fingerprint density at radius 2 is 1.25 bits per heavy atom. The second-order valence-electron chi connectivity index (χ2n) is 7.66. The largest absolute Gasteiger partial charge is 0.314 e. The first-order chi connectivity index (χ1) is 13.9. The Labute approximate surface area is 167 Å². The molecule has 0 aromatic heterocycles. The molecule has 0 N–H and O–H groups in total. The van der Waals surface area contributed by atoms with Crippen LogP contribution in [-0.4, -0.2) is 0 Å². The lowest BCUT2D eigenvalue weighted by Crippen LogP contribution is -2.29. The van der Waals surface area contributed by atoms with Gasteiger partial charge < -0.3 is 4.90 Å². The third-order valence-corrected chi connectivity index (χ3v) is 5.93. The van der Waals surface area contributed by atoms with Crippen LogP contribution in [0.15, 0.2) is 108 Å². The smallest absolute Gasteiger partial charge is 0.0500 e. The molecule has 1 nitrogen and oxygen atoms in total. The van der Waals surface area contributed by atoms with Gasteiger partial charge in [-0.2, -0.15) is 0 Å². The van der Waals surface area contributed by atoms with Crippen molar-refractivity contribution >= 4 is 11.4 Å². The summed E-state index contributed by atoms with van der Waals surface area (Å²) in [4.78, 5) is 2.52. The molecule has 0 saturated heterocycles. The number of anilines is 1. The maximum absolute atomic E-state index is 2.52. The van der Waals surface area contributed by atoms with E-state index in [1.54, 1.807) is 5.57 Å². The summed E-state index contributed by atoms with van der Waals surface area (Å²) in [5.41, 5.74) is 8.36. The van der Waals surface area contributed by atoms with E-state index >= 15 is 0 Å². The Morgan fingerprint density at radius 3 is 1.96 bits per heavy atom. The number of hydrogen-bond acceptors (Lipinski definition) is 1. The van der Waals surface area contributed by atoms with Crippen LogP contribution in [-0.2, 0) is 0 Å². The van der Waals surface area contributed by atoms with Crippen molar-refractivity contribution in [2.75, 3.05) is 4.90 Å². The highest BCUT2D eigenvalue weighted by Crippen LogP contribution is 2.47. The van der Waals surface area contributed by atoms with Crippen molar-refractivity contribution < 1.29 is 0 Å². The predicted molar refractivity (Wildman–Crippen MR) is 118 cm³/mol. The average Bonchev–Trinajstić information content (AvgIpc) is 2.80. The standard InChI is InChI=1S/C27H25N/c1-4-12-21(13-5-1)25-20-27(22-14-6-2-7-15-22)28(23-16-8-3-9-17-23)26-19-11-10-18-24(25)26/h1-9,12-17,20,25H,10-11,18-19H2. The summed E-state index contributed by atoms with van der Waals surface area (Å²) >= 11 is 0. The van der Waals surface area contributed by atoms with Crippen LogP contribution in [0.5, 0.6) is 0 Å². The van der Waals surface area contributed by atoms with E-state index in [4.69, 9.17) is 0 Å². The van der Waals surface area contributed by atoms with Gasteiger partial charge >= 0.3 is 0 Å². The van der Waals surface area contributed by atoms with Crippen LogP contribution in [0.3, 0.4) is 0 Å². The molecule has 3 aromatic carbocycles. The highest BCUT2D eigenvalue weighted by molar-refractivity contribution is 5.86. The molecule has 1 atom stereocenters. The zero-order valence-electron chi connectivity index (χ0n) is 16.1. The number of benzene rings is 3. The fraction of sp³-hybridized carbons (Fsp3) is 0.185. The molecule has 1 aliphatic carbocycles. The normalized spacial score (nSPS) is 19.2. The summed E-state index contributed by atoms with van der Waals surface area (Å²) in [6.45, 7) is 0. The van der Waals surface area contributed by atoms with Crippen LogP contribution >= 0.6 is 0 Å². The zero-order valence-corrected chi connectivity index (χ0v) is 16.1. The van der Waals surface area contributed by atoms with Crippen LogP contribution < -0.4 is 4.90 Å². The lowest BCUT2D eigenvalue weighted by molar-refractivity contribution is 0.629. The van der Waals surface area contributed by atoms with Gasteiger partial charge in [-0.3, -0.25) is 0 Å². The summed E-state index contributed by atoms with van der Waals surface area (Å²) in [6, 6.07) is 32.7. The molecule has 1 aliphatic heterocycles. The second-order valence-corrected chi connectivity index (χ2v) is 7.66. The highest BCUT2D eigenvalue weighted by Gasteiger charge is 2.32. The number of allylic oxidation sites excluding steroid dienone is 3. The first-order valence-electron chi connectivity index (χ1n) is 10.3. The van der Waals surface area contributed by atoms with E-state index in [0.29, 0.717) is 5.92 Å². The summed E-state index contributed by atoms with van der Waals surface area (Å²) in [5.74, 6) is 0.367. The Bertz CT molecular complexity index is 1000. The SMILES string of the molecule is C1=C(c2ccccc2)N(c2ccccc2)C2=C(CCCC2)C1c1ccccc1. The Kier molecular flexibility index (Phi) is 4.58. The van der Waals surface area contributed by atoms with Crippen molar-refractivity contribution in [3.63, 3.8) is 0 Å². The topological polar surface area (TPSA) is 3.24 Å². The Hall–Kier alpha value is -3.06. The van der Waals surface area contributed by atoms with E-state index in [9.17, 15) is 0 Å². The molecule has 0 bridgehead atoms. The lowest BCUT2D eigenvalue weighted by atomic mass is 9.79. The minimum absolute atomic E-state index is 0.367. The van der Waals surface area contributed by atoms with Crippen LogP contribution in [0.25, 0.3) is 5.70 Å². The molecule has 138 valence electrons. The van der Waals surface area contributed by atoms with Crippen molar-refractivity contribution in [3.05, 3.63) is 119 Å². The van der Waals surface area contributed by atoms with Gasteiger partial charge in [0.05, 0.1) is 0 Å². The molecule has 1 heterocycles. The van der Waals surface area contributed by atoms with Gasteiger partial charge in [-0.15, -0.1) is 0 Å². The fourth-order valence-corrected chi connectivity index (χ4v) is 4.65. The molecule has 0 radical (unpaired) electrons. The molecule has 1 heteroatoms. The molecule has 5 rings (SSSR count). The van der Waals surface area contributed by atoms with E-state index in [-0.39, 0.29) is 0 Å². The van der Waals surface area contributed by atoms with Crippen molar-refractivity contribution in [2.24, 2.45) is 0 Å². The molecular formula is C27H25N. The number of para-hydroxylation sites is 1. The zero-order chi connectivity index (χ0) is 18.8.